The minimum atomic E-state index is -0.966. The lowest BCUT2D eigenvalue weighted by molar-refractivity contribution is 0.308. The zero-order valence-electron chi connectivity index (χ0n) is 13.3. The van der Waals surface area contributed by atoms with Crippen molar-refractivity contribution in [1.82, 2.24) is 0 Å². The van der Waals surface area contributed by atoms with Crippen molar-refractivity contribution in [1.29, 1.82) is 0 Å². The van der Waals surface area contributed by atoms with Gasteiger partial charge in [-0.2, -0.15) is 0 Å². The number of hydrogen-bond acceptors (Lipinski definition) is 3. The van der Waals surface area contributed by atoms with E-state index in [2.05, 4.69) is 30.8 Å². The van der Waals surface area contributed by atoms with Crippen molar-refractivity contribution < 1.29 is 14.0 Å². The van der Waals surface area contributed by atoms with Gasteiger partial charge in [0, 0.05) is 0 Å². The quantitative estimate of drug-likeness (QED) is 0.676. The third kappa shape index (κ3) is 2.90. The first-order valence-corrected chi connectivity index (χ1v) is 9.88. The average molecular weight is 331 g/mol. The van der Waals surface area contributed by atoms with Crippen LogP contribution in [0.2, 0.25) is 6.55 Å². The van der Waals surface area contributed by atoms with Crippen molar-refractivity contribution in [3.8, 4) is 17.2 Å². The fourth-order valence-corrected chi connectivity index (χ4v) is 4.80. The van der Waals surface area contributed by atoms with E-state index in [4.69, 9.17) is 14.0 Å². The van der Waals surface area contributed by atoms with Crippen molar-refractivity contribution in [3.05, 3.63) is 78.9 Å². The first-order valence-electron chi connectivity index (χ1n) is 7.88. The molecular weight excluding hydrogens is 315 g/mol. The molecule has 1 heterocycles. The minimum absolute atomic E-state index is 0.708. The van der Waals surface area contributed by atoms with Gasteiger partial charge in [0.1, 0.15) is 26.0 Å². The van der Waals surface area contributed by atoms with E-state index in [1.807, 2.05) is 54.6 Å². The summed E-state index contributed by atoms with van der Waals surface area (Å²) in [6.07, 6.45) is 0. The van der Waals surface area contributed by atoms with Crippen molar-refractivity contribution in [2.24, 2.45) is 0 Å². The van der Waals surface area contributed by atoms with Crippen LogP contribution in [0.15, 0.2) is 78.9 Å². The van der Waals surface area contributed by atoms with Gasteiger partial charge < -0.3 is 14.0 Å². The molecule has 0 N–H and O–H groups in total. The number of benzene rings is 3. The molecular formula is C19H16BO3Si. The van der Waals surface area contributed by atoms with Gasteiger partial charge in [-0.3, -0.25) is 0 Å². The van der Waals surface area contributed by atoms with E-state index in [0.717, 1.165) is 11.5 Å². The number of hydrogen-bond donors (Lipinski definition) is 0. The Labute approximate surface area is 143 Å². The molecule has 0 amide bonds. The van der Waals surface area contributed by atoms with Crippen LogP contribution in [0, 0.1) is 0 Å². The van der Waals surface area contributed by atoms with Crippen LogP contribution in [0.5, 0.6) is 17.2 Å². The minimum Gasteiger partial charge on any atom is -0.490 e. The van der Waals surface area contributed by atoms with Crippen LogP contribution < -0.4 is 24.3 Å². The Kier molecular flexibility index (Phi) is 4.01. The van der Waals surface area contributed by atoms with E-state index in [1.54, 1.807) is 0 Å². The van der Waals surface area contributed by atoms with E-state index < -0.39 is 16.1 Å². The van der Waals surface area contributed by atoms with E-state index >= 15 is 0 Å². The van der Waals surface area contributed by atoms with Crippen LogP contribution in [0.25, 0.3) is 0 Å². The van der Waals surface area contributed by atoms with Crippen LogP contribution in [0.1, 0.15) is 0 Å². The molecule has 0 atom stereocenters. The third-order valence-corrected chi connectivity index (χ3v) is 6.45. The fraction of sp³-hybridized carbons (Fsp3) is 0.0526. The average Bonchev–Trinajstić information content (AvgIpc) is 2.62. The van der Waals surface area contributed by atoms with Crippen LogP contribution in [0.4, 0.5) is 0 Å². The summed E-state index contributed by atoms with van der Waals surface area (Å²) in [7, 11) is -1.80. The van der Waals surface area contributed by atoms with Crippen LogP contribution in [-0.2, 0) is 0 Å². The molecule has 1 aliphatic heterocycles. The fourth-order valence-electron chi connectivity index (χ4n) is 2.79. The summed E-state index contributed by atoms with van der Waals surface area (Å²) in [6, 6.07) is 25.8. The van der Waals surface area contributed by atoms with E-state index in [-0.39, 0.29) is 0 Å². The Hall–Kier alpha value is -2.66. The van der Waals surface area contributed by atoms with Crippen LogP contribution >= 0.6 is 0 Å². The normalized spacial score (nSPS) is 13.6. The molecule has 0 aromatic heterocycles. The summed E-state index contributed by atoms with van der Waals surface area (Å²) in [4.78, 5) is 0. The number of para-hydroxylation sites is 3. The maximum absolute atomic E-state index is 6.05. The summed E-state index contributed by atoms with van der Waals surface area (Å²) in [5.74, 6) is 2.36. The molecule has 0 bridgehead atoms. The monoisotopic (exact) mass is 331 g/mol. The van der Waals surface area contributed by atoms with E-state index in [0.29, 0.717) is 5.75 Å². The molecule has 0 fully saturated rings. The van der Waals surface area contributed by atoms with Crippen molar-refractivity contribution in [2.45, 2.75) is 6.55 Å². The molecule has 117 valence electrons. The Morgan fingerprint density at radius 3 is 1.79 bits per heavy atom. The summed E-state index contributed by atoms with van der Waals surface area (Å²) < 4.78 is 18.0. The van der Waals surface area contributed by atoms with Gasteiger partial charge in [-0.1, -0.05) is 61.1 Å². The first-order chi connectivity index (χ1) is 11.8. The molecule has 1 aliphatic rings. The lowest BCUT2D eigenvalue weighted by Crippen LogP contribution is -2.48. The molecule has 0 aliphatic carbocycles. The van der Waals surface area contributed by atoms with Gasteiger partial charge in [0.25, 0.3) is 0 Å². The zero-order valence-corrected chi connectivity index (χ0v) is 14.3. The van der Waals surface area contributed by atoms with Gasteiger partial charge in [-0.05, 0) is 34.6 Å². The second-order valence-corrected chi connectivity index (χ2v) is 7.90. The Balaban J connectivity index is 1.75. The maximum atomic E-state index is 6.05. The topological polar surface area (TPSA) is 27.7 Å². The smallest absolute Gasteiger partial charge is 0.490 e. The second kappa shape index (κ2) is 6.45. The molecule has 3 aromatic carbocycles. The van der Waals surface area contributed by atoms with Gasteiger partial charge in [-0.15, -0.1) is 0 Å². The predicted molar refractivity (Wildman–Crippen MR) is 97.9 cm³/mol. The summed E-state index contributed by atoms with van der Waals surface area (Å²) in [6.45, 7) is 2.26. The lowest BCUT2D eigenvalue weighted by atomic mass is 10.2. The number of rotatable bonds is 2. The van der Waals surface area contributed by atoms with Crippen molar-refractivity contribution in [2.75, 3.05) is 0 Å². The van der Waals surface area contributed by atoms with Crippen LogP contribution in [-0.4, -0.2) is 16.1 Å². The molecule has 3 nitrogen and oxygen atoms in total. The van der Waals surface area contributed by atoms with Gasteiger partial charge >= 0.3 is 7.32 Å². The van der Waals surface area contributed by atoms with Crippen molar-refractivity contribution >= 4 is 26.5 Å². The van der Waals surface area contributed by atoms with Crippen LogP contribution in [0.3, 0.4) is 0 Å². The molecule has 24 heavy (non-hydrogen) atoms. The standard InChI is InChI=1S/C19H16BO3Si/c1-24-18-13-7-5-11-16(18)22-20(21-15-9-3-2-4-10-15)23-17-12-6-8-14-19(17)24/h2-14H,1H3. The molecule has 0 saturated carbocycles. The molecule has 0 saturated heterocycles. The SMILES string of the molecule is C[Si]1c2ccccc2OB(Oc2ccccc2)Oc2ccccc21. The highest BCUT2D eigenvalue weighted by atomic mass is 28.3. The zero-order chi connectivity index (χ0) is 16.4. The van der Waals surface area contributed by atoms with Crippen molar-refractivity contribution in [3.63, 3.8) is 0 Å². The molecule has 0 unspecified atom stereocenters. The van der Waals surface area contributed by atoms with Gasteiger partial charge in [0.2, 0.25) is 0 Å². The Morgan fingerprint density at radius 1 is 0.708 bits per heavy atom. The Morgan fingerprint density at radius 2 is 1.21 bits per heavy atom. The second-order valence-electron chi connectivity index (χ2n) is 5.57. The highest BCUT2D eigenvalue weighted by Crippen LogP contribution is 2.20. The number of fused-ring (bicyclic) bond motifs is 2. The lowest BCUT2D eigenvalue weighted by Gasteiger charge is -2.25. The summed E-state index contributed by atoms with van der Waals surface area (Å²) >= 11 is 0. The van der Waals surface area contributed by atoms with E-state index in [1.165, 1.54) is 10.4 Å². The first kappa shape index (κ1) is 14.9. The summed E-state index contributed by atoms with van der Waals surface area (Å²) in [5, 5.41) is 2.44. The van der Waals surface area contributed by atoms with E-state index in [9.17, 15) is 0 Å². The highest BCUT2D eigenvalue weighted by Gasteiger charge is 2.35. The molecule has 4 rings (SSSR count). The molecule has 3 aromatic rings. The van der Waals surface area contributed by atoms with Gasteiger partial charge in [-0.25, -0.2) is 0 Å². The summed E-state index contributed by atoms with van der Waals surface area (Å²) in [5.41, 5.74) is 0. The van der Waals surface area contributed by atoms with Gasteiger partial charge in [0.15, 0.2) is 0 Å². The predicted octanol–water partition coefficient (Wildman–Crippen LogP) is 2.76. The molecule has 0 spiro atoms. The molecule has 1 radical (unpaired) electrons. The highest BCUT2D eigenvalue weighted by molar-refractivity contribution is 6.85. The third-order valence-electron chi connectivity index (χ3n) is 4.00. The maximum Gasteiger partial charge on any atom is 0.864 e. The largest absolute Gasteiger partial charge is 0.864 e. The Bertz CT molecular complexity index is 791. The van der Waals surface area contributed by atoms with Gasteiger partial charge in [0.05, 0.1) is 0 Å². The molecule has 5 heteroatoms.